The number of carbonyl (C=O) groups excluding carboxylic acids is 1. The van der Waals surface area contributed by atoms with Crippen molar-refractivity contribution in [1.29, 1.82) is 0 Å². The van der Waals surface area contributed by atoms with Crippen LogP contribution in [0.1, 0.15) is 30.0 Å². The highest BCUT2D eigenvalue weighted by Gasteiger charge is 2.49. The lowest BCUT2D eigenvalue weighted by atomic mass is 9.95. The Labute approximate surface area is 210 Å². The van der Waals surface area contributed by atoms with E-state index in [9.17, 15) is 27.9 Å². The highest BCUT2D eigenvalue weighted by Crippen LogP contribution is 2.38. The van der Waals surface area contributed by atoms with E-state index in [0.717, 1.165) is 4.90 Å². The van der Waals surface area contributed by atoms with Gasteiger partial charge in [-0.3, -0.25) is 14.7 Å². The van der Waals surface area contributed by atoms with E-state index in [-0.39, 0.29) is 30.3 Å². The number of nitrogens with one attached hydrogen (secondary N) is 1. The summed E-state index contributed by atoms with van der Waals surface area (Å²) in [5.74, 6) is -5.58. The molecule has 8 nitrogen and oxygen atoms in total. The summed E-state index contributed by atoms with van der Waals surface area (Å²) in [4.78, 5) is 34.8. The number of aliphatic carboxylic acids is 1. The number of thiazole rings is 1. The van der Waals surface area contributed by atoms with E-state index in [1.807, 2.05) is 0 Å². The fraction of sp³-hybridized carbons (Fsp3) is 0.364. The monoisotopic (exact) mass is 572 g/mol. The molecule has 2 aromatic rings. The maximum absolute atomic E-state index is 14.2. The molecule has 1 saturated heterocycles. The number of carboxylic acids is 1. The molecule has 1 aromatic carbocycles. The average molecular weight is 573 g/mol. The number of benzene rings is 1. The van der Waals surface area contributed by atoms with Gasteiger partial charge in [-0.05, 0) is 24.6 Å². The summed E-state index contributed by atoms with van der Waals surface area (Å²) in [6.45, 7) is 0.554. The van der Waals surface area contributed by atoms with Crippen molar-refractivity contribution in [3.63, 3.8) is 0 Å². The second-order valence-electron chi connectivity index (χ2n) is 7.94. The number of esters is 1. The number of carboxylic acid groups (broad SMARTS) is 1. The molecule has 2 atom stereocenters. The summed E-state index contributed by atoms with van der Waals surface area (Å²) >= 11 is 4.57. The Hall–Kier alpha value is -2.77. The molecule has 1 aromatic heterocycles. The summed E-state index contributed by atoms with van der Waals surface area (Å²) in [5, 5.41) is 14.7. The minimum atomic E-state index is -3.20. The number of aromatic nitrogens is 1. The third-order valence-corrected chi connectivity index (χ3v) is 6.99. The van der Waals surface area contributed by atoms with E-state index < -0.39 is 48.7 Å². The Kier molecular flexibility index (Phi) is 7.29. The van der Waals surface area contributed by atoms with Crippen LogP contribution in [-0.4, -0.2) is 64.4 Å². The molecule has 0 aliphatic carbocycles. The number of likely N-dealkylation sites (tertiary alicyclic amines) is 1. The number of rotatable bonds is 7. The summed E-state index contributed by atoms with van der Waals surface area (Å²) < 4.78 is 47.7. The zero-order chi connectivity index (χ0) is 25.3. The van der Waals surface area contributed by atoms with Gasteiger partial charge >= 0.3 is 11.9 Å². The van der Waals surface area contributed by atoms with Crippen molar-refractivity contribution in [3.8, 4) is 0 Å². The molecule has 0 spiro atoms. The molecule has 2 aliphatic rings. The molecule has 186 valence electrons. The Bertz CT molecular complexity index is 1210. The maximum atomic E-state index is 14.2. The largest absolute Gasteiger partial charge is 0.480 e. The van der Waals surface area contributed by atoms with Crippen LogP contribution < -0.4 is 5.32 Å². The van der Waals surface area contributed by atoms with Crippen LogP contribution in [0.3, 0.4) is 0 Å². The van der Waals surface area contributed by atoms with Crippen molar-refractivity contribution >= 4 is 45.0 Å². The molecule has 0 bridgehead atoms. The van der Waals surface area contributed by atoms with Crippen molar-refractivity contribution in [3.05, 3.63) is 61.9 Å². The van der Waals surface area contributed by atoms with Crippen LogP contribution in [0.4, 0.5) is 13.2 Å². The zero-order valence-corrected chi connectivity index (χ0v) is 20.7. The van der Waals surface area contributed by atoms with Gasteiger partial charge in [-0.15, -0.1) is 11.3 Å². The third-order valence-electron chi connectivity index (χ3n) is 5.53. The van der Waals surface area contributed by atoms with Crippen molar-refractivity contribution in [1.82, 2.24) is 15.2 Å². The molecular weight excluding hydrogens is 553 g/mol. The van der Waals surface area contributed by atoms with Gasteiger partial charge in [0.05, 0.1) is 18.7 Å². The quantitative estimate of drug-likeness (QED) is 0.487. The Morgan fingerprint density at radius 3 is 2.80 bits per heavy atom. The van der Waals surface area contributed by atoms with Gasteiger partial charge in [0, 0.05) is 34.7 Å². The number of hydrogen-bond acceptors (Lipinski definition) is 8. The Balaban J connectivity index is 1.84. The molecule has 4 rings (SSSR count). The van der Waals surface area contributed by atoms with Crippen LogP contribution in [0.25, 0.3) is 0 Å². The van der Waals surface area contributed by atoms with Crippen molar-refractivity contribution in [2.45, 2.75) is 31.4 Å². The topological polar surface area (TPSA) is 104 Å². The smallest absolute Gasteiger partial charge is 0.338 e. The molecule has 2 unspecified atom stereocenters. The fourth-order valence-corrected chi connectivity index (χ4v) is 5.22. The number of nitrogens with zero attached hydrogens (tertiary/aromatic N) is 3. The first-order valence-electron chi connectivity index (χ1n) is 10.5. The van der Waals surface area contributed by atoms with E-state index in [1.54, 1.807) is 18.5 Å². The second kappa shape index (κ2) is 10.1. The van der Waals surface area contributed by atoms with E-state index in [0.29, 0.717) is 15.0 Å². The molecular formula is C22H20BrF3N4O4S. The van der Waals surface area contributed by atoms with Gasteiger partial charge in [0.25, 0.3) is 5.92 Å². The molecule has 2 aliphatic heterocycles. The number of carbonyl (C=O) groups is 2. The van der Waals surface area contributed by atoms with Crippen molar-refractivity contribution in [2.75, 3.05) is 19.7 Å². The van der Waals surface area contributed by atoms with Gasteiger partial charge in [-0.2, -0.15) is 0 Å². The molecule has 3 heterocycles. The molecule has 1 fully saturated rings. The first-order valence-corrected chi connectivity index (χ1v) is 12.2. The van der Waals surface area contributed by atoms with Gasteiger partial charge in [-0.1, -0.05) is 22.0 Å². The van der Waals surface area contributed by atoms with Crippen LogP contribution in [0.5, 0.6) is 0 Å². The van der Waals surface area contributed by atoms with Crippen LogP contribution in [0.15, 0.2) is 50.5 Å². The maximum Gasteiger partial charge on any atom is 0.338 e. The first-order chi connectivity index (χ1) is 16.6. The summed E-state index contributed by atoms with van der Waals surface area (Å²) in [7, 11) is 0. The molecule has 13 heteroatoms. The molecule has 0 radical (unpaired) electrons. The molecule has 35 heavy (non-hydrogen) atoms. The van der Waals surface area contributed by atoms with E-state index >= 15 is 0 Å². The number of halogens is 4. The van der Waals surface area contributed by atoms with Crippen molar-refractivity contribution in [2.24, 2.45) is 4.99 Å². The Morgan fingerprint density at radius 1 is 1.40 bits per heavy atom. The van der Waals surface area contributed by atoms with E-state index in [1.165, 1.54) is 29.5 Å². The lowest BCUT2D eigenvalue weighted by Crippen LogP contribution is -2.43. The number of alkyl halides is 2. The van der Waals surface area contributed by atoms with Gasteiger partial charge in [-0.25, -0.2) is 22.9 Å². The lowest BCUT2D eigenvalue weighted by Gasteiger charge is -2.30. The average Bonchev–Trinajstić information content (AvgIpc) is 3.41. The minimum absolute atomic E-state index is 0.0128. The van der Waals surface area contributed by atoms with Gasteiger partial charge in [0.15, 0.2) is 10.8 Å². The number of hydrogen-bond donors (Lipinski definition) is 2. The van der Waals surface area contributed by atoms with Gasteiger partial charge in [0.2, 0.25) is 0 Å². The van der Waals surface area contributed by atoms with Crippen LogP contribution in [0.2, 0.25) is 0 Å². The zero-order valence-electron chi connectivity index (χ0n) is 18.3. The predicted octanol–water partition coefficient (Wildman–Crippen LogP) is 3.75. The molecule has 2 N–H and O–H groups in total. The van der Waals surface area contributed by atoms with E-state index in [4.69, 9.17) is 4.74 Å². The van der Waals surface area contributed by atoms with Crippen LogP contribution >= 0.6 is 27.3 Å². The predicted molar refractivity (Wildman–Crippen MR) is 125 cm³/mol. The van der Waals surface area contributed by atoms with Crippen molar-refractivity contribution < 1.29 is 32.6 Å². The summed E-state index contributed by atoms with van der Waals surface area (Å²) in [6.07, 6.45) is 0.712. The lowest BCUT2D eigenvalue weighted by molar-refractivity contribution is -0.142. The van der Waals surface area contributed by atoms with Gasteiger partial charge in [0.1, 0.15) is 17.9 Å². The summed E-state index contributed by atoms with van der Waals surface area (Å²) in [5.41, 5.74) is 0.608. The molecule has 0 saturated carbocycles. The number of amidine groups is 1. The summed E-state index contributed by atoms with van der Waals surface area (Å²) in [6, 6.07) is 1.45. The van der Waals surface area contributed by atoms with Gasteiger partial charge < -0.3 is 15.2 Å². The van der Waals surface area contributed by atoms with Crippen LogP contribution in [-0.2, 0) is 14.3 Å². The normalized spacial score (nSPS) is 22.0. The number of ether oxygens (including phenoxy) is 1. The van der Waals surface area contributed by atoms with Crippen LogP contribution in [0, 0.1) is 5.82 Å². The SMILES string of the molecule is CCOC(=O)C1=C(CN2CC(F)(F)CC2C(=O)O)NC(c2nccs2)=NC1c1ccc(F)cc1Br. The third kappa shape index (κ3) is 5.41. The highest BCUT2D eigenvalue weighted by atomic mass is 79.9. The first kappa shape index (κ1) is 25.3. The van der Waals surface area contributed by atoms with E-state index in [2.05, 4.69) is 31.2 Å². The standard InChI is InChI=1S/C22H20BrF3N4O4S/c1-2-34-21(33)16-14(9-30-10-22(25,26)8-15(30)20(31)32)28-18(19-27-5-6-35-19)29-17(16)12-4-3-11(24)7-13(12)23/h3-7,15,17H,2,8-10H2,1H3,(H,28,29)(H,31,32). The fourth-order valence-electron chi connectivity index (χ4n) is 4.06. The Morgan fingerprint density at radius 2 is 2.17 bits per heavy atom. The molecule has 0 amide bonds. The second-order valence-corrected chi connectivity index (χ2v) is 9.69. The minimum Gasteiger partial charge on any atom is -0.480 e. The number of aliphatic imine (C=N–C) groups is 1. The highest BCUT2D eigenvalue weighted by molar-refractivity contribution is 9.10.